The van der Waals surface area contributed by atoms with Crippen molar-refractivity contribution in [2.24, 2.45) is 5.92 Å². The maximum atomic E-state index is 11.0. The smallest absolute Gasteiger partial charge is 0.329 e. The van der Waals surface area contributed by atoms with E-state index in [4.69, 9.17) is 11.6 Å². The van der Waals surface area contributed by atoms with Crippen LogP contribution in [0.4, 0.5) is 11.5 Å². The molecule has 1 heterocycles. The summed E-state index contributed by atoms with van der Waals surface area (Å²) in [5, 5.41) is 11.1. The second-order valence-electron chi connectivity index (χ2n) is 4.93. The van der Waals surface area contributed by atoms with Gasteiger partial charge in [0.15, 0.2) is 0 Å². The highest BCUT2D eigenvalue weighted by atomic mass is 35.5. The topological polar surface area (TPSA) is 72.2 Å². The number of nitro groups is 1. The van der Waals surface area contributed by atoms with Crippen LogP contribution < -0.4 is 4.90 Å². The van der Waals surface area contributed by atoms with E-state index in [9.17, 15) is 10.1 Å². The van der Waals surface area contributed by atoms with Crippen LogP contribution in [-0.4, -0.2) is 27.5 Å². The van der Waals surface area contributed by atoms with E-state index in [1.165, 1.54) is 19.0 Å². The maximum absolute atomic E-state index is 11.0. The van der Waals surface area contributed by atoms with Crippen LogP contribution in [0.2, 0.25) is 5.28 Å². The number of aromatic nitrogens is 2. The molecule has 2 saturated carbocycles. The van der Waals surface area contributed by atoms with Crippen LogP contribution in [0, 0.1) is 16.0 Å². The quantitative estimate of drug-likeness (QED) is 0.466. The molecule has 0 aliphatic heterocycles. The van der Waals surface area contributed by atoms with Crippen LogP contribution in [0.25, 0.3) is 0 Å². The molecule has 0 unspecified atom stereocenters. The highest BCUT2D eigenvalue weighted by Gasteiger charge is 2.37. The molecule has 6 nitrogen and oxygen atoms in total. The van der Waals surface area contributed by atoms with Gasteiger partial charge in [0, 0.05) is 12.6 Å². The minimum atomic E-state index is -0.437. The SMILES string of the molecule is O=[N+]([O-])c1cnc(Cl)nc1N(CC1CC1)C1CC1. The Bertz CT molecular complexity index is 488. The van der Waals surface area contributed by atoms with Gasteiger partial charge in [-0.3, -0.25) is 10.1 Å². The normalized spacial score (nSPS) is 18.7. The molecule has 0 N–H and O–H groups in total. The number of halogens is 1. The molecule has 3 rings (SSSR count). The summed E-state index contributed by atoms with van der Waals surface area (Å²) in [4.78, 5) is 20.4. The first-order valence-electron chi connectivity index (χ1n) is 6.08. The Balaban J connectivity index is 1.95. The third kappa shape index (κ3) is 2.38. The third-order valence-corrected chi connectivity index (χ3v) is 3.51. The Morgan fingerprint density at radius 3 is 2.72 bits per heavy atom. The first kappa shape index (κ1) is 11.6. The lowest BCUT2D eigenvalue weighted by Crippen LogP contribution is -2.29. The minimum absolute atomic E-state index is 0.0491. The summed E-state index contributed by atoms with van der Waals surface area (Å²) >= 11 is 5.77. The van der Waals surface area contributed by atoms with Crippen LogP contribution in [-0.2, 0) is 0 Å². The molecular formula is C11H13ClN4O2. The predicted molar refractivity (Wildman–Crippen MR) is 66.8 cm³/mol. The fourth-order valence-electron chi connectivity index (χ4n) is 2.06. The summed E-state index contributed by atoms with van der Waals surface area (Å²) in [6.07, 6.45) is 5.76. The fourth-order valence-corrected chi connectivity index (χ4v) is 2.19. The average molecular weight is 269 g/mol. The van der Waals surface area contributed by atoms with Crippen molar-refractivity contribution < 1.29 is 4.92 Å². The Hall–Kier alpha value is -1.43. The van der Waals surface area contributed by atoms with Gasteiger partial charge in [-0.2, -0.15) is 4.98 Å². The van der Waals surface area contributed by atoms with Crippen LogP contribution in [0.5, 0.6) is 0 Å². The molecule has 0 atom stereocenters. The molecule has 2 aliphatic rings. The number of hydrogen-bond donors (Lipinski definition) is 0. The summed E-state index contributed by atoms with van der Waals surface area (Å²) in [6, 6.07) is 0.385. The lowest BCUT2D eigenvalue weighted by molar-refractivity contribution is -0.384. The standard InChI is InChI=1S/C11H13ClN4O2/c12-11-13-5-9(16(17)18)10(14-11)15(8-3-4-8)6-7-1-2-7/h5,7-8H,1-4,6H2. The summed E-state index contributed by atoms with van der Waals surface area (Å²) in [5.74, 6) is 1.04. The zero-order chi connectivity index (χ0) is 12.7. The van der Waals surface area contributed by atoms with E-state index in [1.54, 1.807) is 0 Å². The summed E-state index contributed by atoms with van der Waals surface area (Å²) in [5.41, 5.74) is -0.0491. The highest BCUT2D eigenvalue weighted by molar-refractivity contribution is 6.28. The van der Waals surface area contributed by atoms with Crippen molar-refractivity contribution in [3.63, 3.8) is 0 Å². The molecule has 1 aromatic rings. The molecule has 2 fully saturated rings. The Morgan fingerprint density at radius 1 is 1.44 bits per heavy atom. The van der Waals surface area contributed by atoms with Gasteiger partial charge in [-0.25, -0.2) is 4.98 Å². The van der Waals surface area contributed by atoms with E-state index in [2.05, 4.69) is 9.97 Å². The van der Waals surface area contributed by atoms with Gasteiger partial charge in [0.05, 0.1) is 4.92 Å². The Labute approximate surface area is 109 Å². The van der Waals surface area contributed by atoms with Crippen LogP contribution in [0.1, 0.15) is 25.7 Å². The van der Waals surface area contributed by atoms with Gasteiger partial charge >= 0.3 is 5.69 Å². The molecule has 0 aromatic carbocycles. The second kappa shape index (κ2) is 4.35. The van der Waals surface area contributed by atoms with Crippen LogP contribution in [0.3, 0.4) is 0 Å². The van der Waals surface area contributed by atoms with Crippen molar-refractivity contribution in [3.8, 4) is 0 Å². The number of nitrogens with zero attached hydrogens (tertiary/aromatic N) is 4. The monoisotopic (exact) mass is 268 g/mol. The molecular weight excluding hydrogens is 256 g/mol. The van der Waals surface area contributed by atoms with Crippen LogP contribution >= 0.6 is 11.6 Å². The number of anilines is 1. The molecule has 0 bridgehead atoms. The lowest BCUT2D eigenvalue weighted by atomic mass is 10.3. The lowest BCUT2D eigenvalue weighted by Gasteiger charge is -2.22. The molecule has 2 aliphatic carbocycles. The van der Waals surface area contributed by atoms with Crippen molar-refractivity contribution in [1.29, 1.82) is 0 Å². The van der Waals surface area contributed by atoms with E-state index >= 15 is 0 Å². The molecule has 0 saturated heterocycles. The average Bonchev–Trinajstić information content (AvgIpc) is 3.18. The first-order valence-corrected chi connectivity index (χ1v) is 6.46. The van der Waals surface area contributed by atoms with E-state index in [0.29, 0.717) is 17.8 Å². The Kier molecular flexibility index (Phi) is 2.81. The third-order valence-electron chi connectivity index (χ3n) is 3.33. The van der Waals surface area contributed by atoms with E-state index < -0.39 is 4.92 Å². The minimum Gasteiger partial charge on any atom is -0.347 e. The van der Waals surface area contributed by atoms with Gasteiger partial charge in [-0.15, -0.1) is 0 Å². The summed E-state index contributed by atoms with van der Waals surface area (Å²) in [6.45, 7) is 0.846. The highest BCUT2D eigenvalue weighted by Crippen LogP contribution is 2.39. The van der Waals surface area contributed by atoms with Gasteiger partial charge in [-0.1, -0.05) is 0 Å². The first-order chi connectivity index (χ1) is 8.65. The van der Waals surface area contributed by atoms with Crippen molar-refractivity contribution >= 4 is 23.1 Å². The zero-order valence-electron chi connectivity index (χ0n) is 9.75. The molecule has 1 aromatic heterocycles. The van der Waals surface area contributed by atoms with Crippen LogP contribution in [0.15, 0.2) is 6.20 Å². The van der Waals surface area contributed by atoms with Gasteiger partial charge in [0.1, 0.15) is 6.20 Å². The van der Waals surface area contributed by atoms with Crippen molar-refractivity contribution in [1.82, 2.24) is 9.97 Å². The second-order valence-corrected chi connectivity index (χ2v) is 5.27. The van der Waals surface area contributed by atoms with Crippen molar-refractivity contribution in [2.75, 3.05) is 11.4 Å². The van der Waals surface area contributed by atoms with E-state index in [-0.39, 0.29) is 11.0 Å². The van der Waals surface area contributed by atoms with Gasteiger partial charge < -0.3 is 4.90 Å². The fraction of sp³-hybridized carbons (Fsp3) is 0.636. The van der Waals surface area contributed by atoms with E-state index in [1.807, 2.05) is 4.90 Å². The van der Waals surface area contributed by atoms with Gasteiger partial charge in [0.2, 0.25) is 11.1 Å². The molecule has 18 heavy (non-hydrogen) atoms. The predicted octanol–water partition coefficient (Wildman–Crippen LogP) is 2.42. The number of rotatable bonds is 5. The van der Waals surface area contributed by atoms with Gasteiger partial charge in [-0.05, 0) is 43.2 Å². The maximum Gasteiger partial charge on any atom is 0.329 e. The molecule has 0 spiro atoms. The van der Waals surface area contributed by atoms with Crippen molar-refractivity contribution in [3.05, 3.63) is 21.6 Å². The van der Waals surface area contributed by atoms with Crippen molar-refractivity contribution in [2.45, 2.75) is 31.7 Å². The molecule has 7 heteroatoms. The largest absolute Gasteiger partial charge is 0.347 e. The Morgan fingerprint density at radius 2 is 2.17 bits per heavy atom. The summed E-state index contributed by atoms with van der Waals surface area (Å²) < 4.78 is 0. The van der Waals surface area contributed by atoms with Gasteiger partial charge in [0.25, 0.3) is 0 Å². The molecule has 96 valence electrons. The molecule has 0 radical (unpaired) electrons. The van der Waals surface area contributed by atoms with E-state index in [0.717, 1.165) is 19.4 Å². The number of hydrogen-bond acceptors (Lipinski definition) is 5. The zero-order valence-corrected chi connectivity index (χ0v) is 10.5. The summed E-state index contributed by atoms with van der Waals surface area (Å²) in [7, 11) is 0. The molecule has 0 amide bonds.